The molecule has 1 unspecified atom stereocenters. The molecule has 0 bridgehead atoms. The van der Waals surface area contributed by atoms with Gasteiger partial charge in [-0.3, -0.25) is 4.57 Å². The van der Waals surface area contributed by atoms with Crippen molar-refractivity contribution < 1.29 is 27.6 Å². The van der Waals surface area contributed by atoms with Gasteiger partial charge < -0.3 is 18.3 Å². The molecule has 0 aliphatic heterocycles. The second-order valence-corrected chi connectivity index (χ2v) is 5.71. The van der Waals surface area contributed by atoms with E-state index in [9.17, 15) is 9.36 Å². The monoisotopic (exact) mass is 280 g/mol. The van der Waals surface area contributed by atoms with Crippen molar-refractivity contribution in [3.63, 3.8) is 0 Å². The topological polar surface area (TPSA) is 61.8 Å². The lowest BCUT2D eigenvalue weighted by Gasteiger charge is -2.23. The Morgan fingerprint density at radius 1 is 1.17 bits per heavy atom. The van der Waals surface area contributed by atoms with E-state index in [1.54, 1.807) is 13.0 Å². The Morgan fingerprint density at radius 2 is 1.78 bits per heavy atom. The number of hydrogen-bond acceptors (Lipinski definition) is 5. The Morgan fingerprint density at radius 3 is 2.33 bits per heavy atom. The van der Waals surface area contributed by atoms with Gasteiger partial charge in [0, 0.05) is 6.08 Å². The highest BCUT2D eigenvalue weighted by atomic mass is 31.1. The molecule has 18 heavy (non-hydrogen) atoms. The fraction of sp³-hybridized carbons (Fsp3) is 0.727. The van der Waals surface area contributed by atoms with Gasteiger partial charge in [-0.05, 0) is 6.92 Å². The lowest BCUT2D eigenvalue weighted by Crippen LogP contribution is -2.37. The highest BCUT2D eigenvalue weighted by Crippen LogP contribution is 2.22. The summed E-state index contributed by atoms with van der Waals surface area (Å²) < 4.78 is 26.7. The van der Waals surface area contributed by atoms with Crippen LogP contribution in [0, 0.1) is 0 Å². The number of esters is 1. The number of likely N-dealkylation sites (N-methyl/N-ethyl adjacent to an activating group) is 1. The minimum atomic E-state index is -2.49. The maximum atomic E-state index is 11.3. The van der Waals surface area contributed by atoms with Crippen molar-refractivity contribution >= 4 is 14.2 Å². The highest BCUT2D eigenvalue weighted by molar-refractivity contribution is 7.33. The molecule has 0 aromatic rings. The molecule has 0 aromatic heterocycles. The molecular weight excluding hydrogens is 257 g/mol. The number of hydrogen-bond donors (Lipinski definition) is 0. The molecule has 0 aliphatic rings. The summed E-state index contributed by atoms with van der Waals surface area (Å²) in [6, 6.07) is 0. The number of ether oxygens (including phenoxy) is 1. The Labute approximate surface area is 109 Å². The highest BCUT2D eigenvalue weighted by Gasteiger charge is 2.08. The zero-order chi connectivity index (χ0) is 14.0. The average Bonchev–Trinajstić information content (AvgIpc) is 2.23. The second kappa shape index (κ2) is 9.28. The average molecular weight is 280 g/mol. The molecule has 0 aliphatic carbocycles. The van der Waals surface area contributed by atoms with Gasteiger partial charge >= 0.3 is 14.2 Å². The maximum Gasteiger partial charge on any atom is 0.330 e. The van der Waals surface area contributed by atoms with Gasteiger partial charge in [0.15, 0.2) is 0 Å². The first-order valence-corrected chi connectivity index (χ1v) is 6.97. The first-order chi connectivity index (χ1) is 8.35. The number of carbonyl (C=O) groups excluding carboxylic acids is 1. The summed E-state index contributed by atoms with van der Waals surface area (Å²) in [5, 5.41) is 0. The molecule has 6 nitrogen and oxygen atoms in total. The molecule has 0 heterocycles. The van der Waals surface area contributed by atoms with E-state index in [2.05, 4.69) is 0 Å². The van der Waals surface area contributed by atoms with Crippen LogP contribution < -0.4 is 0 Å². The molecule has 0 saturated carbocycles. The van der Waals surface area contributed by atoms with E-state index in [0.717, 1.165) is 11.0 Å². The minimum absolute atomic E-state index is 0.0677. The van der Waals surface area contributed by atoms with Crippen LogP contribution in [0.1, 0.15) is 6.92 Å². The molecule has 0 fully saturated rings. The number of nitrogens with zero attached hydrogens (tertiary/aromatic N) is 1. The normalized spacial score (nSPS) is 13.8. The second-order valence-electron chi connectivity index (χ2n) is 4.63. The van der Waals surface area contributed by atoms with Crippen molar-refractivity contribution in [2.24, 2.45) is 0 Å². The Bertz CT molecular complexity index is 298. The van der Waals surface area contributed by atoms with Crippen LogP contribution in [-0.2, 0) is 23.1 Å². The van der Waals surface area contributed by atoms with Crippen molar-refractivity contribution in [2.75, 3.05) is 47.5 Å². The van der Waals surface area contributed by atoms with Crippen LogP contribution in [0.4, 0.5) is 0 Å². The molecule has 0 rings (SSSR count). The van der Waals surface area contributed by atoms with E-state index in [-0.39, 0.29) is 13.2 Å². The fourth-order valence-corrected chi connectivity index (χ4v) is 1.49. The maximum absolute atomic E-state index is 11.3. The summed E-state index contributed by atoms with van der Waals surface area (Å²) in [7, 11) is 3.56. The predicted octanol–water partition coefficient (Wildman–Crippen LogP) is 1.23. The molecule has 0 aromatic carbocycles. The molecule has 0 radical (unpaired) electrons. The summed E-state index contributed by atoms with van der Waals surface area (Å²) in [5.74, 6) is -0.438. The largest absolute Gasteiger partial charge is 0.460 e. The number of allylic oxidation sites excluding steroid dienone is 1. The van der Waals surface area contributed by atoms with E-state index in [1.807, 2.05) is 21.1 Å². The Kier molecular flexibility index (Phi) is 8.93. The zero-order valence-corrected chi connectivity index (χ0v) is 12.5. The lowest BCUT2D eigenvalue weighted by molar-refractivity contribution is -0.870. The molecule has 0 saturated heterocycles. The summed E-state index contributed by atoms with van der Waals surface area (Å²) in [6.07, 6.45) is 2.89. The molecule has 0 spiro atoms. The van der Waals surface area contributed by atoms with Gasteiger partial charge in [-0.2, -0.15) is 0 Å². The van der Waals surface area contributed by atoms with Gasteiger partial charge in [0.2, 0.25) is 0 Å². The first-order valence-electron chi connectivity index (χ1n) is 5.74. The van der Waals surface area contributed by atoms with Gasteiger partial charge in [0.25, 0.3) is 0 Å². The van der Waals surface area contributed by atoms with Crippen molar-refractivity contribution in [3.05, 3.63) is 12.2 Å². The lowest BCUT2D eigenvalue weighted by atomic mass is 10.5. The Hall–Kier alpha value is -0.680. The van der Waals surface area contributed by atoms with Crippen molar-refractivity contribution in [3.8, 4) is 0 Å². The Balaban J connectivity index is 3.51. The summed E-state index contributed by atoms with van der Waals surface area (Å²) in [6.45, 7) is 2.98. The van der Waals surface area contributed by atoms with E-state index in [0.29, 0.717) is 6.61 Å². The summed E-state index contributed by atoms with van der Waals surface area (Å²) in [4.78, 5) is 10.9. The van der Waals surface area contributed by atoms with Crippen molar-refractivity contribution in [1.29, 1.82) is 0 Å². The van der Waals surface area contributed by atoms with Crippen molar-refractivity contribution in [1.82, 2.24) is 0 Å². The summed E-state index contributed by atoms with van der Waals surface area (Å²) in [5.41, 5.74) is 0. The third-order valence-electron chi connectivity index (χ3n) is 1.83. The fourth-order valence-electron chi connectivity index (χ4n) is 0.896. The van der Waals surface area contributed by atoms with Gasteiger partial charge in [-0.15, -0.1) is 0 Å². The molecule has 7 heteroatoms. The smallest absolute Gasteiger partial charge is 0.330 e. The molecular formula is C11H23NO5P+. The van der Waals surface area contributed by atoms with Crippen LogP contribution in [0.15, 0.2) is 12.2 Å². The standard InChI is InChI=1S/C11H23NO5P/c1-5-6-11(13)15-9-10-17-18(14)16-8-7-12(2,3)4/h5-6,18H,7-10H2,1-4H3/q+1. The van der Waals surface area contributed by atoms with Gasteiger partial charge in [-0.25, -0.2) is 4.79 Å². The van der Waals surface area contributed by atoms with Crippen LogP contribution in [0.25, 0.3) is 0 Å². The third kappa shape index (κ3) is 11.8. The van der Waals surface area contributed by atoms with Crippen LogP contribution >= 0.6 is 8.25 Å². The molecule has 0 N–H and O–H groups in total. The van der Waals surface area contributed by atoms with E-state index in [4.69, 9.17) is 13.8 Å². The van der Waals surface area contributed by atoms with E-state index in [1.165, 1.54) is 6.08 Å². The number of quaternary nitrogens is 1. The van der Waals surface area contributed by atoms with E-state index < -0.39 is 14.2 Å². The predicted molar refractivity (Wildman–Crippen MR) is 69.6 cm³/mol. The van der Waals surface area contributed by atoms with Crippen molar-refractivity contribution in [2.45, 2.75) is 6.92 Å². The third-order valence-corrected chi connectivity index (χ3v) is 2.71. The van der Waals surface area contributed by atoms with Crippen LogP contribution in [0.5, 0.6) is 0 Å². The van der Waals surface area contributed by atoms with Gasteiger partial charge in [0.05, 0.1) is 27.7 Å². The van der Waals surface area contributed by atoms with E-state index >= 15 is 0 Å². The minimum Gasteiger partial charge on any atom is -0.460 e. The zero-order valence-electron chi connectivity index (χ0n) is 11.5. The van der Waals surface area contributed by atoms with Crippen LogP contribution in [0.3, 0.4) is 0 Å². The first kappa shape index (κ1) is 17.3. The molecule has 0 amide bonds. The number of rotatable bonds is 9. The van der Waals surface area contributed by atoms with Gasteiger partial charge in [0.1, 0.15) is 19.8 Å². The number of carbonyl (C=O) groups is 1. The molecule has 1 atom stereocenters. The molecule has 106 valence electrons. The van der Waals surface area contributed by atoms with Crippen LogP contribution in [-0.4, -0.2) is 58.0 Å². The SMILES string of the molecule is CC=CC(=O)OCCO[PH](=O)OCC[N+](C)(C)C. The van der Waals surface area contributed by atoms with Gasteiger partial charge in [-0.1, -0.05) is 6.08 Å². The summed E-state index contributed by atoms with van der Waals surface area (Å²) >= 11 is 0. The quantitative estimate of drug-likeness (QED) is 0.209. The van der Waals surface area contributed by atoms with Crippen LogP contribution in [0.2, 0.25) is 0 Å².